The predicted octanol–water partition coefficient (Wildman–Crippen LogP) is 4.11. The molecule has 0 heterocycles. The van der Waals surface area contributed by atoms with Gasteiger partial charge >= 0.3 is 0 Å². The number of nitrogens with zero attached hydrogens (tertiary/aromatic N) is 1. The first-order valence-electron chi connectivity index (χ1n) is 5.75. The monoisotopic (exact) mass is 275 g/mol. The minimum Gasteiger partial charge on any atom is -0.493 e. The Balaban J connectivity index is 2.33. The van der Waals surface area contributed by atoms with E-state index in [2.05, 4.69) is 4.99 Å². The fraction of sp³-hybridized carbons (Fsp3) is 0.133. The molecule has 2 aromatic carbocycles. The van der Waals surface area contributed by atoms with Crippen molar-refractivity contribution in [3.05, 3.63) is 53.1 Å². The molecule has 0 atom stereocenters. The Labute approximate surface area is 117 Å². The molecule has 19 heavy (non-hydrogen) atoms. The number of para-hydroxylation sites is 1. The van der Waals surface area contributed by atoms with E-state index in [0.717, 1.165) is 11.3 Å². The van der Waals surface area contributed by atoms with Crippen LogP contribution in [0.4, 0.5) is 5.69 Å². The van der Waals surface area contributed by atoms with E-state index >= 15 is 0 Å². The summed E-state index contributed by atoms with van der Waals surface area (Å²) in [7, 11) is 3.21. The lowest BCUT2D eigenvalue weighted by Gasteiger charge is -2.09. The zero-order valence-corrected chi connectivity index (χ0v) is 11.5. The van der Waals surface area contributed by atoms with Crippen molar-refractivity contribution in [1.29, 1.82) is 0 Å². The van der Waals surface area contributed by atoms with E-state index in [9.17, 15) is 0 Å². The average Bonchev–Trinajstić information content (AvgIpc) is 2.44. The largest absolute Gasteiger partial charge is 0.493 e. The molecule has 0 fully saturated rings. The molecule has 98 valence electrons. The molecule has 0 amide bonds. The highest BCUT2D eigenvalue weighted by molar-refractivity contribution is 6.30. The SMILES string of the molecule is COc1cccc(C=Nc2cccc(Cl)c2)c1OC. The maximum Gasteiger partial charge on any atom is 0.169 e. The molecule has 0 aliphatic carbocycles. The number of benzene rings is 2. The third-order valence-electron chi connectivity index (χ3n) is 2.59. The van der Waals surface area contributed by atoms with E-state index in [4.69, 9.17) is 21.1 Å². The van der Waals surface area contributed by atoms with Crippen molar-refractivity contribution >= 4 is 23.5 Å². The molecule has 3 nitrogen and oxygen atoms in total. The van der Waals surface area contributed by atoms with Crippen molar-refractivity contribution in [2.75, 3.05) is 14.2 Å². The van der Waals surface area contributed by atoms with E-state index < -0.39 is 0 Å². The van der Waals surface area contributed by atoms with E-state index in [1.54, 1.807) is 26.5 Å². The smallest absolute Gasteiger partial charge is 0.169 e. The summed E-state index contributed by atoms with van der Waals surface area (Å²) >= 11 is 5.91. The lowest BCUT2D eigenvalue weighted by molar-refractivity contribution is 0.354. The minimum atomic E-state index is 0.659. The number of hydrogen-bond donors (Lipinski definition) is 0. The molecule has 0 saturated heterocycles. The van der Waals surface area contributed by atoms with Crippen LogP contribution in [0.2, 0.25) is 5.02 Å². The van der Waals surface area contributed by atoms with Crippen molar-refractivity contribution < 1.29 is 9.47 Å². The average molecular weight is 276 g/mol. The predicted molar refractivity (Wildman–Crippen MR) is 78.3 cm³/mol. The Bertz CT molecular complexity index is 596. The Kier molecular flexibility index (Phi) is 4.42. The van der Waals surface area contributed by atoms with Gasteiger partial charge in [-0.05, 0) is 30.3 Å². The summed E-state index contributed by atoms with van der Waals surface area (Å²) in [5.41, 5.74) is 1.64. The molecular formula is C15H14ClNO2. The minimum absolute atomic E-state index is 0.659. The van der Waals surface area contributed by atoms with Gasteiger partial charge in [0.25, 0.3) is 0 Å². The summed E-state index contributed by atoms with van der Waals surface area (Å²) in [6, 6.07) is 13.0. The molecule has 0 aromatic heterocycles. The van der Waals surface area contributed by atoms with Gasteiger partial charge in [0, 0.05) is 16.8 Å². The van der Waals surface area contributed by atoms with E-state index in [0.29, 0.717) is 16.5 Å². The van der Waals surface area contributed by atoms with Gasteiger partial charge in [-0.15, -0.1) is 0 Å². The summed E-state index contributed by atoms with van der Waals surface area (Å²) < 4.78 is 10.6. The normalized spacial score (nSPS) is 10.7. The van der Waals surface area contributed by atoms with Gasteiger partial charge in [-0.2, -0.15) is 0 Å². The van der Waals surface area contributed by atoms with Crippen molar-refractivity contribution in [2.24, 2.45) is 4.99 Å². The summed E-state index contributed by atoms with van der Waals surface area (Å²) in [5, 5.41) is 0.659. The van der Waals surface area contributed by atoms with Gasteiger partial charge in [0.1, 0.15) is 0 Å². The molecule has 0 N–H and O–H groups in total. The highest BCUT2D eigenvalue weighted by atomic mass is 35.5. The van der Waals surface area contributed by atoms with Crippen molar-refractivity contribution in [3.63, 3.8) is 0 Å². The molecule has 2 rings (SSSR count). The van der Waals surface area contributed by atoms with Gasteiger partial charge < -0.3 is 9.47 Å². The Morgan fingerprint density at radius 1 is 1.05 bits per heavy atom. The van der Waals surface area contributed by atoms with E-state index in [1.165, 1.54) is 0 Å². The van der Waals surface area contributed by atoms with Gasteiger partial charge in [0.05, 0.1) is 19.9 Å². The molecule has 2 aromatic rings. The fourth-order valence-electron chi connectivity index (χ4n) is 1.71. The third-order valence-corrected chi connectivity index (χ3v) is 2.83. The zero-order chi connectivity index (χ0) is 13.7. The number of halogens is 1. The number of aliphatic imine (C=N–C) groups is 1. The second-order valence-electron chi connectivity index (χ2n) is 3.82. The van der Waals surface area contributed by atoms with Gasteiger partial charge in [-0.25, -0.2) is 0 Å². The van der Waals surface area contributed by atoms with Crippen LogP contribution in [0.1, 0.15) is 5.56 Å². The van der Waals surface area contributed by atoms with Crippen LogP contribution in [-0.4, -0.2) is 20.4 Å². The quantitative estimate of drug-likeness (QED) is 0.786. The van der Waals surface area contributed by atoms with Gasteiger partial charge in [0.15, 0.2) is 11.5 Å². The van der Waals surface area contributed by atoms with Crippen LogP contribution in [0.25, 0.3) is 0 Å². The molecule has 4 heteroatoms. The number of hydrogen-bond acceptors (Lipinski definition) is 3. The third kappa shape index (κ3) is 3.26. The van der Waals surface area contributed by atoms with E-state index in [1.807, 2.05) is 36.4 Å². The summed E-state index contributed by atoms with van der Waals surface area (Å²) in [6.45, 7) is 0. The van der Waals surface area contributed by atoms with Gasteiger partial charge in [0.2, 0.25) is 0 Å². The van der Waals surface area contributed by atoms with Crippen LogP contribution < -0.4 is 9.47 Å². The van der Waals surface area contributed by atoms with Crippen LogP contribution in [0.15, 0.2) is 47.5 Å². The van der Waals surface area contributed by atoms with Crippen LogP contribution in [0.5, 0.6) is 11.5 Å². The Hall–Kier alpha value is -2.00. The van der Waals surface area contributed by atoms with Crippen molar-refractivity contribution in [3.8, 4) is 11.5 Å². The van der Waals surface area contributed by atoms with Gasteiger partial charge in [-0.1, -0.05) is 23.7 Å². The molecule has 0 aliphatic heterocycles. The summed E-state index contributed by atoms with van der Waals surface area (Å²) in [6.07, 6.45) is 1.73. The molecule has 0 saturated carbocycles. The number of ether oxygens (including phenoxy) is 2. The lowest BCUT2D eigenvalue weighted by atomic mass is 10.2. The van der Waals surface area contributed by atoms with E-state index in [-0.39, 0.29) is 0 Å². The summed E-state index contributed by atoms with van der Waals surface area (Å²) in [5.74, 6) is 1.34. The zero-order valence-electron chi connectivity index (χ0n) is 10.8. The second kappa shape index (κ2) is 6.25. The first-order valence-corrected chi connectivity index (χ1v) is 6.13. The van der Waals surface area contributed by atoms with Crippen LogP contribution in [-0.2, 0) is 0 Å². The maximum absolute atomic E-state index is 5.91. The molecule has 0 unspecified atom stereocenters. The van der Waals surface area contributed by atoms with Crippen LogP contribution >= 0.6 is 11.6 Å². The Morgan fingerprint density at radius 2 is 1.84 bits per heavy atom. The topological polar surface area (TPSA) is 30.8 Å². The van der Waals surface area contributed by atoms with Crippen molar-refractivity contribution in [1.82, 2.24) is 0 Å². The molecular weight excluding hydrogens is 262 g/mol. The van der Waals surface area contributed by atoms with Crippen LogP contribution in [0, 0.1) is 0 Å². The van der Waals surface area contributed by atoms with Gasteiger partial charge in [-0.3, -0.25) is 4.99 Å². The standard InChI is InChI=1S/C15H14ClNO2/c1-18-14-8-3-5-11(15(14)19-2)10-17-13-7-4-6-12(16)9-13/h3-10H,1-2H3. The summed E-state index contributed by atoms with van der Waals surface area (Å²) in [4.78, 5) is 4.38. The lowest BCUT2D eigenvalue weighted by Crippen LogP contribution is -1.94. The van der Waals surface area contributed by atoms with Crippen molar-refractivity contribution in [2.45, 2.75) is 0 Å². The highest BCUT2D eigenvalue weighted by Crippen LogP contribution is 2.30. The first kappa shape index (κ1) is 13.4. The first-order chi connectivity index (χ1) is 9.24. The number of rotatable bonds is 4. The molecule has 0 spiro atoms. The Morgan fingerprint density at radius 3 is 2.53 bits per heavy atom. The molecule has 0 aliphatic rings. The maximum atomic E-state index is 5.91. The highest BCUT2D eigenvalue weighted by Gasteiger charge is 2.07. The second-order valence-corrected chi connectivity index (χ2v) is 4.26. The van der Waals surface area contributed by atoms with Crippen LogP contribution in [0.3, 0.4) is 0 Å². The molecule has 0 bridgehead atoms. The molecule has 0 radical (unpaired) electrons. The fourth-order valence-corrected chi connectivity index (χ4v) is 1.90. The number of methoxy groups -OCH3 is 2.